The van der Waals surface area contributed by atoms with E-state index in [1.54, 1.807) is 0 Å². The number of aromatic nitrogens is 2. The van der Waals surface area contributed by atoms with Gasteiger partial charge in [-0.15, -0.1) is 0 Å². The number of halogens is 3. The smallest absolute Gasteiger partial charge is 0.415 e. The second kappa shape index (κ2) is 8.52. The van der Waals surface area contributed by atoms with Gasteiger partial charge in [0.05, 0.1) is 6.61 Å². The predicted molar refractivity (Wildman–Crippen MR) is 86.4 cm³/mol. The van der Waals surface area contributed by atoms with Gasteiger partial charge < -0.3 is 14.3 Å². The summed E-state index contributed by atoms with van der Waals surface area (Å²) in [4.78, 5) is 30.8. The molecule has 0 spiro atoms. The van der Waals surface area contributed by atoms with E-state index in [-0.39, 0.29) is 29.6 Å². The lowest BCUT2D eigenvalue weighted by Gasteiger charge is -2.22. The molecule has 2 aromatic rings. The Bertz CT molecular complexity index is 807. The molecule has 0 saturated heterocycles. The van der Waals surface area contributed by atoms with E-state index in [0.717, 1.165) is 18.5 Å². The van der Waals surface area contributed by atoms with Crippen LogP contribution in [0.5, 0.6) is 0 Å². The molecule has 27 heavy (non-hydrogen) atoms. The zero-order valence-corrected chi connectivity index (χ0v) is 14.2. The number of nitrogens with zero attached hydrogens (tertiary/aromatic N) is 3. The Morgan fingerprint density at radius 2 is 2.11 bits per heavy atom. The second-order valence-corrected chi connectivity index (χ2v) is 5.42. The van der Waals surface area contributed by atoms with E-state index in [9.17, 15) is 22.8 Å². The van der Waals surface area contributed by atoms with Crippen LogP contribution in [0, 0.1) is 0 Å². The summed E-state index contributed by atoms with van der Waals surface area (Å²) in [6.07, 6.45) is -2.61. The van der Waals surface area contributed by atoms with Crippen LogP contribution in [0.2, 0.25) is 0 Å². The minimum absolute atomic E-state index is 0.0227. The number of pyridine rings is 1. The van der Waals surface area contributed by atoms with Gasteiger partial charge in [0.25, 0.3) is 0 Å². The molecule has 0 aliphatic heterocycles. The molecule has 0 unspecified atom stereocenters. The summed E-state index contributed by atoms with van der Waals surface area (Å²) < 4.78 is 48.5. The highest BCUT2D eigenvalue weighted by Crippen LogP contribution is 2.26. The fraction of sp³-hybridized carbons (Fsp3) is 0.375. The van der Waals surface area contributed by atoms with Crippen molar-refractivity contribution in [2.75, 3.05) is 18.1 Å². The number of oxazole rings is 1. The standard InChI is InChI=1S/C16H16F3N3O5/c1-2-3-6-26-15(25)22(9-16(17,18)19)12-7-10(4-5-20-12)13-21-11(8-27-13)14(23)24/h4-5,7-8H,2-3,6,9H2,1H3,(H,23,24). The number of carbonyl (C=O) groups is 2. The topological polar surface area (TPSA) is 106 Å². The highest BCUT2D eigenvalue weighted by atomic mass is 19.4. The number of carbonyl (C=O) groups excluding carboxylic acids is 1. The molecule has 2 heterocycles. The van der Waals surface area contributed by atoms with E-state index in [1.165, 1.54) is 6.07 Å². The molecule has 0 aliphatic carbocycles. The number of aromatic carboxylic acids is 1. The summed E-state index contributed by atoms with van der Waals surface area (Å²) in [6.45, 7) is 0.222. The Hall–Kier alpha value is -3.11. The van der Waals surface area contributed by atoms with E-state index in [4.69, 9.17) is 14.3 Å². The fourth-order valence-electron chi connectivity index (χ4n) is 2.00. The third-order valence-electron chi connectivity index (χ3n) is 3.27. The van der Waals surface area contributed by atoms with Gasteiger partial charge in [-0.05, 0) is 18.6 Å². The Morgan fingerprint density at radius 1 is 1.37 bits per heavy atom. The van der Waals surface area contributed by atoms with E-state index < -0.39 is 24.8 Å². The van der Waals surface area contributed by atoms with Crippen LogP contribution in [0.25, 0.3) is 11.5 Å². The third-order valence-corrected chi connectivity index (χ3v) is 3.27. The average molecular weight is 387 g/mol. The maximum absolute atomic E-state index is 12.9. The van der Waals surface area contributed by atoms with E-state index >= 15 is 0 Å². The van der Waals surface area contributed by atoms with Gasteiger partial charge in [0.15, 0.2) is 5.69 Å². The lowest BCUT2D eigenvalue weighted by atomic mass is 10.2. The van der Waals surface area contributed by atoms with Gasteiger partial charge in [-0.25, -0.2) is 19.6 Å². The molecule has 0 fully saturated rings. The Kier molecular flexibility index (Phi) is 6.37. The number of amides is 1. The first-order valence-electron chi connectivity index (χ1n) is 7.87. The highest BCUT2D eigenvalue weighted by Gasteiger charge is 2.35. The third kappa shape index (κ3) is 5.69. The van der Waals surface area contributed by atoms with Crippen LogP contribution in [0.15, 0.2) is 29.0 Å². The van der Waals surface area contributed by atoms with Crippen molar-refractivity contribution >= 4 is 17.9 Å². The van der Waals surface area contributed by atoms with Crippen LogP contribution >= 0.6 is 0 Å². The Morgan fingerprint density at radius 3 is 2.70 bits per heavy atom. The van der Waals surface area contributed by atoms with Crippen molar-refractivity contribution < 1.29 is 37.0 Å². The number of rotatable bonds is 7. The van der Waals surface area contributed by atoms with Gasteiger partial charge >= 0.3 is 18.2 Å². The number of hydrogen-bond acceptors (Lipinski definition) is 6. The van der Waals surface area contributed by atoms with Crippen LogP contribution in [0.3, 0.4) is 0 Å². The van der Waals surface area contributed by atoms with E-state index in [1.807, 2.05) is 6.92 Å². The molecule has 1 amide bonds. The number of carboxylic acid groups (broad SMARTS) is 1. The van der Waals surface area contributed by atoms with Crippen molar-refractivity contribution in [1.29, 1.82) is 0 Å². The van der Waals surface area contributed by atoms with Gasteiger partial charge in [0, 0.05) is 11.8 Å². The average Bonchev–Trinajstić information content (AvgIpc) is 3.09. The summed E-state index contributed by atoms with van der Waals surface area (Å²) >= 11 is 0. The summed E-state index contributed by atoms with van der Waals surface area (Å²) in [5.74, 6) is -1.79. The summed E-state index contributed by atoms with van der Waals surface area (Å²) in [7, 11) is 0. The summed E-state index contributed by atoms with van der Waals surface area (Å²) in [6, 6.07) is 2.49. The molecule has 2 rings (SSSR count). The highest BCUT2D eigenvalue weighted by molar-refractivity contribution is 5.87. The van der Waals surface area contributed by atoms with Gasteiger partial charge in [0.1, 0.15) is 18.6 Å². The normalized spacial score (nSPS) is 11.3. The molecule has 1 N–H and O–H groups in total. The quantitative estimate of drug-likeness (QED) is 0.722. The molecule has 8 nitrogen and oxygen atoms in total. The van der Waals surface area contributed by atoms with E-state index in [0.29, 0.717) is 17.7 Å². The van der Waals surface area contributed by atoms with Crippen molar-refractivity contribution in [2.45, 2.75) is 25.9 Å². The first kappa shape index (κ1) is 20.2. The minimum Gasteiger partial charge on any atom is -0.476 e. The number of anilines is 1. The van der Waals surface area contributed by atoms with Crippen LogP contribution < -0.4 is 4.90 Å². The lowest BCUT2D eigenvalue weighted by molar-refractivity contribution is -0.119. The van der Waals surface area contributed by atoms with Gasteiger partial charge in [0.2, 0.25) is 5.89 Å². The summed E-state index contributed by atoms with van der Waals surface area (Å²) in [5.41, 5.74) is -0.212. The fourth-order valence-corrected chi connectivity index (χ4v) is 2.00. The SMILES string of the molecule is CCCCOC(=O)N(CC(F)(F)F)c1cc(-c2nc(C(=O)O)co2)ccn1. The predicted octanol–water partition coefficient (Wildman–Crippen LogP) is 3.74. The van der Waals surface area contributed by atoms with Crippen LogP contribution in [-0.4, -0.2) is 46.5 Å². The number of hydrogen-bond donors (Lipinski definition) is 1. The van der Waals surface area contributed by atoms with Crippen molar-refractivity contribution in [3.8, 4) is 11.5 Å². The maximum Gasteiger partial charge on any atom is 0.415 e. The minimum atomic E-state index is -4.68. The summed E-state index contributed by atoms with van der Waals surface area (Å²) in [5, 5.41) is 8.86. The van der Waals surface area contributed by atoms with Crippen LogP contribution in [0.1, 0.15) is 30.3 Å². The van der Waals surface area contributed by atoms with Gasteiger partial charge in [-0.1, -0.05) is 13.3 Å². The first-order valence-corrected chi connectivity index (χ1v) is 7.87. The van der Waals surface area contributed by atoms with Crippen LogP contribution in [-0.2, 0) is 4.74 Å². The number of carboxylic acids is 1. The molecular weight excluding hydrogens is 371 g/mol. The van der Waals surface area contributed by atoms with Crippen molar-refractivity contribution in [1.82, 2.24) is 9.97 Å². The van der Waals surface area contributed by atoms with Crippen molar-refractivity contribution in [3.05, 3.63) is 30.3 Å². The Labute approximate surface area is 151 Å². The van der Waals surface area contributed by atoms with Gasteiger partial charge in [-0.2, -0.15) is 13.2 Å². The molecule has 0 bridgehead atoms. The zero-order chi connectivity index (χ0) is 20.0. The zero-order valence-electron chi connectivity index (χ0n) is 14.2. The number of ether oxygens (including phenoxy) is 1. The molecule has 146 valence electrons. The molecule has 0 aliphatic rings. The van der Waals surface area contributed by atoms with Crippen LogP contribution in [0.4, 0.5) is 23.8 Å². The maximum atomic E-state index is 12.9. The van der Waals surface area contributed by atoms with Gasteiger partial charge in [-0.3, -0.25) is 4.90 Å². The molecule has 2 aromatic heterocycles. The van der Waals surface area contributed by atoms with Crippen molar-refractivity contribution in [2.24, 2.45) is 0 Å². The van der Waals surface area contributed by atoms with Crippen molar-refractivity contribution in [3.63, 3.8) is 0 Å². The Balaban J connectivity index is 2.31. The monoisotopic (exact) mass is 387 g/mol. The molecule has 0 aromatic carbocycles. The second-order valence-electron chi connectivity index (χ2n) is 5.42. The molecule has 11 heteroatoms. The number of alkyl halides is 3. The molecular formula is C16H16F3N3O5. The molecule has 0 atom stereocenters. The van der Waals surface area contributed by atoms with E-state index in [2.05, 4.69) is 9.97 Å². The molecule has 0 saturated carbocycles. The first-order chi connectivity index (χ1) is 12.7. The largest absolute Gasteiger partial charge is 0.476 e. The lowest BCUT2D eigenvalue weighted by Crippen LogP contribution is -2.40. The number of unbranched alkanes of at least 4 members (excludes halogenated alkanes) is 1. The molecule has 0 radical (unpaired) electrons.